The molecule has 0 saturated carbocycles. The quantitative estimate of drug-likeness (QED) is 0.398. The molecule has 1 fully saturated rings. The van der Waals surface area contributed by atoms with E-state index >= 15 is 0 Å². The number of rotatable bonds is 8. The highest BCUT2D eigenvalue weighted by molar-refractivity contribution is 5.64. The molecule has 7 heteroatoms. The highest BCUT2D eigenvalue weighted by Gasteiger charge is 2.18. The van der Waals surface area contributed by atoms with E-state index in [4.69, 9.17) is 9.84 Å². The molecule has 1 N–H and O–H groups in total. The monoisotopic (exact) mass is 459 g/mol. The number of aromatic nitrogens is 3. The Morgan fingerprint density at radius 1 is 1.18 bits per heavy atom. The molecule has 6 nitrogen and oxygen atoms in total. The van der Waals surface area contributed by atoms with Crippen LogP contribution < -0.4 is 15.0 Å². The van der Waals surface area contributed by atoms with Crippen LogP contribution >= 0.6 is 0 Å². The predicted octanol–water partition coefficient (Wildman–Crippen LogP) is 5.08. The molecule has 0 bridgehead atoms. The number of fused-ring (bicyclic) bond motifs is 1. The van der Waals surface area contributed by atoms with Gasteiger partial charge in [0.1, 0.15) is 17.4 Å². The zero-order valence-electron chi connectivity index (χ0n) is 19.6. The zero-order chi connectivity index (χ0) is 23.5. The van der Waals surface area contributed by atoms with Gasteiger partial charge in [0.25, 0.3) is 0 Å². The van der Waals surface area contributed by atoms with Crippen LogP contribution in [0.3, 0.4) is 0 Å². The maximum absolute atomic E-state index is 13.6. The predicted molar refractivity (Wildman–Crippen MR) is 133 cm³/mol. The lowest BCUT2D eigenvalue weighted by Gasteiger charge is -2.19. The Balaban J connectivity index is 1.31. The number of ether oxygens (including phenoxy) is 1. The summed E-state index contributed by atoms with van der Waals surface area (Å²) >= 11 is 0. The minimum atomic E-state index is -0.233. The van der Waals surface area contributed by atoms with Crippen LogP contribution in [-0.4, -0.2) is 40.3 Å². The highest BCUT2D eigenvalue weighted by Crippen LogP contribution is 2.25. The third-order valence-corrected chi connectivity index (χ3v) is 6.31. The number of imidazole rings is 1. The Morgan fingerprint density at radius 2 is 2.03 bits per heavy atom. The van der Waals surface area contributed by atoms with Crippen molar-refractivity contribution in [2.45, 2.75) is 44.9 Å². The van der Waals surface area contributed by atoms with Crippen LogP contribution in [0.5, 0.6) is 5.75 Å². The van der Waals surface area contributed by atoms with E-state index in [1.54, 1.807) is 12.1 Å². The summed E-state index contributed by atoms with van der Waals surface area (Å²) in [6.45, 7) is 3.80. The number of hydrogen-bond donors (Lipinski definition) is 1. The van der Waals surface area contributed by atoms with Crippen LogP contribution in [0.2, 0.25) is 0 Å². The van der Waals surface area contributed by atoms with Crippen molar-refractivity contribution >= 4 is 11.5 Å². The third kappa shape index (κ3) is 5.04. The van der Waals surface area contributed by atoms with E-state index in [0.717, 1.165) is 47.0 Å². The van der Waals surface area contributed by atoms with Gasteiger partial charge in [0.15, 0.2) is 5.65 Å². The van der Waals surface area contributed by atoms with Crippen LogP contribution in [0.4, 0.5) is 10.2 Å². The lowest BCUT2D eigenvalue weighted by molar-refractivity contribution is 0.197. The fourth-order valence-electron chi connectivity index (χ4n) is 4.60. The van der Waals surface area contributed by atoms with Gasteiger partial charge in [0.05, 0.1) is 18.0 Å². The molecule has 1 saturated heterocycles. The fraction of sp³-hybridized carbons (Fsp3) is 0.333. The summed E-state index contributed by atoms with van der Waals surface area (Å²) in [6, 6.07) is 19.2. The van der Waals surface area contributed by atoms with Crippen molar-refractivity contribution in [1.82, 2.24) is 19.9 Å². The molecule has 0 unspecified atom stereocenters. The fourth-order valence-corrected chi connectivity index (χ4v) is 4.60. The van der Waals surface area contributed by atoms with Gasteiger partial charge in [-0.1, -0.05) is 12.1 Å². The molecular weight excluding hydrogens is 429 g/mol. The molecule has 2 aromatic heterocycles. The van der Waals surface area contributed by atoms with Crippen LogP contribution in [0.1, 0.15) is 31.7 Å². The minimum Gasteiger partial charge on any atom is -0.491 e. The van der Waals surface area contributed by atoms with Gasteiger partial charge in [-0.15, -0.1) is 5.10 Å². The molecule has 0 spiro atoms. The molecule has 1 aliphatic heterocycles. The largest absolute Gasteiger partial charge is 0.491 e. The van der Waals surface area contributed by atoms with Crippen LogP contribution in [-0.2, 0) is 6.54 Å². The van der Waals surface area contributed by atoms with Crippen molar-refractivity contribution < 1.29 is 9.13 Å². The molecule has 4 aromatic rings. The molecule has 2 atom stereocenters. The lowest BCUT2D eigenvalue weighted by Crippen LogP contribution is -2.28. The van der Waals surface area contributed by atoms with Gasteiger partial charge in [0, 0.05) is 25.2 Å². The van der Waals surface area contributed by atoms with Gasteiger partial charge < -0.3 is 15.0 Å². The summed E-state index contributed by atoms with van der Waals surface area (Å²) in [5.74, 6) is 1.42. The summed E-state index contributed by atoms with van der Waals surface area (Å²) in [7, 11) is 1.95. The van der Waals surface area contributed by atoms with Gasteiger partial charge in [0.2, 0.25) is 0 Å². The first-order valence-corrected chi connectivity index (χ1v) is 11.9. The van der Waals surface area contributed by atoms with Crippen molar-refractivity contribution in [1.29, 1.82) is 0 Å². The molecule has 2 aromatic carbocycles. The first kappa shape index (κ1) is 22.3. The van der Waals surface area contributed by atoms with E-state index in [9.17, 15) is 4.39 Å². The molecule has 5 rings (SSSR count). The molecule has 0 radical (unpaired) electrons. The van der Waals surface area contributed by atoms with E-state index in [0.29, 0.717) is 12.6 Å². The average molecular weight is 460 g/mol. The van der Waals surface area contributed by atoms with Crippen molar-refractivity contribution in [3.8, 4) is 17.0 Å². The molecule has 34 heavy (non-hydrogen) atoms. The van der Waals surface area contributed by atoms with Crippen molar-refractivity contribution in [3.05, 3.63) is 78.2 Å². The van der Waals surface area contributed by atoms with Gasteiger partial charge in [-0.25, -0.2) is 13.9 Å². The van der Waals surface area contributed by atoms with Crippen LogP contribution in [0.15, 0.2) is 66.9 Å². The maximum Gasteiger partial charge on any atom is 0.154 e. The number of anilines is 1. The third-order valence-electron chi connectivity index (χ3n) is 6.31. The van der Waals surface area contributed by atoms with E-state index in [-0.39, 0.29) is 11.9 Å². The Labute approximate surface area is 199 Å². The average Bonchev–Trinajstić information content (AvgIpc) is 3.49. The molecule has 176 valence electrons. The summed E-state index contributed by atoms with van der Waals surface area (Å²) in [5, 5.41) is 8.34. The van der Waals surface area contributed by atoms with E-state index in [2.05, 4.69) is 17.2 Å². The van der Waals surface area contributed by atoms with Crippen molar-refractivity contribution in [2.24, 2.45) is 0 Å². The van der Waals surface area contributed by atoms with Crippen LogP contribution in [0.25, 0.3) is 16.9 Å². The number of hydrogen-bond acceptors (Lipinski definition) is 5. The lowest BCUT2D eigenvalue weighted by atomic mass is 10.1. The SMILES string of the molecule is C[C@H](C[C@@H]1CCCN1)Oc1ccc(-c2cnc3ccc(N(C)Cc4cccc(F)c4)nn23)cc1. The van der Waals surface area contributed by atoms with E-state index in [1.165, 1.54) is 18.9 Å². The Hall–Kier alpha value is -3.45. The van der Waals surface area contributed by atoms with Gasteiger partial charge in [-0.05, 0) is 86.8 Å². The molecule has 0 aliphatic carbocycles. The molecule has 3 heterocycles. The topological polar surface area (TPSA) is 54.7 Å². The second-order valence-electron chi connectivity index (χ2n) is 9.07. The van der Waals surface area contributed by atoms with E-state index < -0.39 is 0 Å². The summed E-state index contributed by atoms with van der Waals surface area (Å²) in [4.78, 5) is 6.51. The minimum absolute atomic E-state index is 0.162. The van der Waals surface area contributed by atoms with Gasteiger partial charge in [-0.2, -0.15) is 0 Å². The number of nitrogens with zero attached hydrogens (tertiary/aromatic N) is 4. The summed E-state index contributed by atoms with van der Waals surface area (Å²) in [6.07, 6.45) is 5.50. The van der Waals surface area contributed by atoms with Gasteiger partial charge in [-0.3, -0.25) is 0 Å². The molecule has 1 aliphatic rings. The highest BCUT2D eigenvalue weighted by atomic mass is 19.1. The van der Waals surface area contributed by atoms with Crippen LogP contribution in [0, 0.1) is 5.82 Å². The second-order valence-corrected chi connectivity index (χ2v) is 9.07. The molecular formula is C27H30FN5O. The number of benzene rings is 2. The Bertz CT molecular complexity index is 1250. The summed E-state index contributed by atoms with van der Waals surface area (Å²) < 4.78 is 21.5. The first-order chi connectivity index (χ1) is 16.5. The standard InChI is InChI=1S/C27H30FN5O/c1-19(15-23-7-4-14-29-23)34-24-10-8-21(9-11-24)25-17-30-26-12-13-27(31-33(25)26)32(2)18-20-5-3-6-22(28)16-20/h3,5-6,8-13,16-17,19,23,29H,4,7,14-15,18H2,1-2H3/t19-,23+/m1/s1. The Morgan fingerprint density at radius 3 is 2.79 bits per heavy atom. The summed E-state index contributed by atoms with van der Waals surface area (Å²) in [5.41, 5.74) is 3.59. The first-order valence-electron chi connectivity index (χ1n) is 11.9. The normalized spacial score (nSPS) is 16.6. The van der Waals surface area contributed by atoms with E-state index in [1.807, 2.05) is 65.1 Å². The molecule has 0 amide bonds. The van der Waals surface area contributed by atoms with Gasteiger partial charge >= 0.3 is 0 Å². The number of nitrogens with one attached hydrogen (secondary N) is 1. The van der Waals surface area contributed by atoms with Crippen molar-refractivity contribution in [2.75, 3.05) is 18.5 Å². The van der Waals surface area contributed by atoms with Crippen molar-refractivity contribution in [3.63, 3.8) is 0 Å². The zero-order valence-corrected chi connectivity index (χ0v) is 19.6. The smallest absolute Gasteiger partial charge is 0.154 e. The number of halogens is 1. The Kier molecular flexibility index (Phi) is 6.45. The maximum atomic E-state index is 13.6. The second kappa shape index (κ2) is 9.81.